The SMILES string of the molecule is CC1(C)OB(c2cnc(NC3CC3F)nc2)OC1(C)C. The van der Waals surface area contributed by atoms with Gasteiger partial charge < -0.3 is 14.6 Å². The molecule has 5 nitrogen and oxygen atoms in total. The summed E-state index contributed by atoms with van der Waals surface area (Å²) in [6.45, 7) is 7.99. The predicted octanol–water partition coefficient (Wildman–Crippen LogP) is 1.30. The van der Waals surface area contributed by atoms with E-state index in [0.29, 0.717) is 12.4 Å². The second-order valence-corrected chi connectivity index (χ2v) is 6.43. The van der Waals surface area contributed by atoms with Crippen LogP contribution in [0.25, 0.3) is 0 Å². The standard InChI is InChI=1S/C13H19BFN3O2/c1-12(2)13(3,4)20-14(19-12)8-6-16-11(17-7-8)18-10-5-9(10)15/h6-7,9-10H,5H2,1-4H3,(H,16,17,18). The number of nitrogens with one attached hydrogen (secondary N) is 1. The van der Waals surface area contributed by atoms with E-state index in [1.807, 2.05) is 27.7 Å². The van der Waals surface area contributed by atoms with Crippen LogP contribution in [0.1, 0.15) is 34.1 Å². The van der Waals surface area contributed by atoms with E-state index in [9.17, 15) is 4.39 Å². The van der Waals surface area contributed by atoms with Gasteiger partial charge in [0.05, 0.1) is 17.2 Å². The van der Waals surface area contributed by atoms with Gasteiger partial charge in [-0.25, -0.2) is 14.4 Å². The van der Waals surface area contributed by atoms with Gasteiger partial charge in [0.15, 0.2) is 0 Å². The van der Waals surface area contributed by atoms with Crippen LogP contribution in [0.5, 0.6) is 0 Å². The molecule has 2 atom stereocenters. The molecule has 2 heterocycles. The summed E-state index contributed by atoms with van der Waals surface area (Å²) in [5, 5.41) is 2.94. The number of hydrogen-bond donors (Lipinski definition) is 1. The summed E-state index contributed by atoms with van der Waals surface area (Å²) >= 11 is 0. The number of halogens is 1. The van der Waals surface area contributed by atoms with Crippen molar-refractivity contribution < 1.29 is 13.7 Å². The van der Waals surface area contributed by atoms with Crippen molar-refractivity contribution in [2.24, 2.45) is 0 Å². The second-order valence-electron chi connectivity index (χ2n) is 6.43. The maximum atomic E-state index is 12.8. The Labute approximate surface area is 118 Å². The molecule has 2 fully saturated rings. The lowest BCUT2D eigenvalue weighted by atomic mass is 9.81. The first-order valence-electron chi connectivity index (χ1n) is 6.87. The third-order valence-electron chi connectivity index (χ3n) is 4.22. The van der Waals surface area contributed by atoms with Gasteiger partial charge in [-0.3, -0.25) is 0 Å². The molecule has 1 aliphatic heterocycles. The van der Waals surface area contributed by atoms with Crippen LogP contribution in [-0.2, 0) is 9.31 Å². The Hall–Kier alpha value is -1.21. The molecule has 7 heteroatoms. The summed E-state index contributed by atoms with van der Waals surface area (Å²) in [4.78, 5) is 8.37. The zero-order valence-corrected chi connectivity index (χ0v) is 12.2. The molecule has 20 heavy (non-hydrogen) atoms. The Bertz CT molecular complexity index is 493. The van der Waals surface area contributed by atoms with E-state index in [1.54, 1.807) is 12.4 Å². The Morgan fingerprint density at radius 3 is 2.15 bits per heavy atom. The van der Waals surface area contributed by atoms with Gasteiger partial charge >= 0.3 is 7.12 Å². The van der Waals surface area contributed by atoms with Gasteiger partial charge in [-0.2, -0.15) is 0 Å². The maximum absolute atomic E-state index is 12.8. The van der Waals surface area contributed by atoms with Crippen molar-refractivity contribution in [1.29, 1.82) is 0 Å². The van der Waals surface area contributed by atoms with Gasteiger partial charge in [0.2, 0.25) is 5.95 Å². The highest BCUT2D eigenvalue weighted by Gasteiger charge is 2.52. The first-order chi connectivity index (χ1) is 9.28. The second kappa shape index (κ2) is 4.39. The maximum Gasteiger partial charge on any atom is 0.498 e. The summed E-state index contributed by atoms with van der Waals surface area (Å²) in [6.07, 6.45) is 3.07. The first-order valence-corrected chi connectivity index (χ1v) is 6.87. The van der Waals surface area contributed by atoms with E-state index in [2.05, 4.69) is 15.3 Å². The molecule has 0 radical (unpaired) electrons. The molecule has 1 saturated heterocycles. The van der Waals surface area contributed by atoms with Gasteiger partial charge in [0, 0.05) is 24.3 Å². The fourth-order valence-electron chi connectivity index (χ4n) is 1.99. The van der Waals surface area contributed by atoms with Crippen molar-refractivity contribution in [2.45, 2.75) is 57.5 Å². The molecular weight excluding hydrogens is 260 g/mol. The molecule has 1 aromatic heterocycles. The summed E-state index contributed by atoms with van der Waals surface area (Å²) in [7, 11) is -0.469. The number of hydrogen-bond acceptors (Lipinski definition) is 5. The molecule has 3 rings (SSSR count). The largest absolute Gasteiger partial charge is 0.498 e. The van der Waals surface area contributed by atoms with Crippen molar-refractivity contribution in [3.8, 4) is 0 Å². The van der Waals surface area contributed by atoms with E-state index in [-0.39, 0.29) is 17.2 Å². The van der Waals surface area contributed by atoms with E-state index < -0.39 is 13.3 Å². The van der Waals surface area contributed by atoms with Crippen molar-refractivity contribution in [2.75, 3.05) is 5.32 Å². The number of rotatable bonds is 3. The van der Waals surface area contributed by atoms with Crippen molar-refractivity contribution in [1.82, 2.24) is 9.97 Å². The van der Waals surface area contributed by atoms with Crippen molar-refractivity contribution in [3.63, 3.8) is 0 Å². The zero-order chi connectivity index (χ0) is 14.5. The molecule has 2 unspecified atom stereocenters. The highest BCUT2D eigenvalue weighted by molar-refractivity contribution is 6.61. The first kappa shape index (κ1) is 13.8. The lowest BCUT2D eigenvalue weighted by molar-refractivity contribution is 0.00578. The average molecular weight is 279 g/mol. The molecule has 1 aromatic rings. The van der Waals surface area contributed by atoms with Gasteiger partial charge in [0.1, 0.15) is 6.17 Å². The van der Waals surface area contributed by atoms with E-state index in [0.717, 1.165) is 5.46 Å². The average Bonchev–Trinajstić information content (AvgIpc) is 2.98. The minimum absolute atomic E-state index is 0.141. The summed E-state index contributed by atoms with van der Waals surface area (Å²) in [6, 6.07) is -0.141. The fourth-order valence-corrected chi connectivity index (χ4v) is 1.99. The number of nitrogens with zero attached hydrogens (tertiary/aromatic N) is 2. The minimum atomic E-state index is -0.777. The van der Waals surface area contributed by atoms with Crippen LogP contribution >= 0.6 is 0 Å². The quantitative estimate of drug-likeness (QED) is 0.845. The van der Waals surface area contributed by atoms with Gasteiger partial charge in [-0.1, -0.05) is 0 Å². The molecule has 1 N–H and O–H groups in total. The Balaban J connectivity index is 1.69. The normalized spacial score (nSPS) is 30.4. The number of alkyl halides is 1. The zero-order valence-electron chi connectivity index (χ0n) is 12.2. The van der Waals surface area contributed by atoms with Crippen LogP contribution in [-0.4, -0.2) is 40.5 Å². The minimum Gasteiger partial charge on any atom is -0.399 e. The summed E-state index contributed by atoms with van der Waals surface area (Å²) < 4.78 is 24.6. The highest BCUT2D eigenvalue weighted by Crippen LogP contribution is 2.36. The van der Waals surface area contributed by atoms with Crippen LogP contribution in [0.15, 0.2) is 12.4 Å². The molecule has 0 aromatic carbocycles. The topological polar surface area (TPSA) is 56.3 Å². The van der Waals surface area contributed by atoms with Gasteiger partial charge in [0.25, 0.3) is 0 Å². The lowest BCUT2D eigenvalue weighted by Crippen LogP contribution is -2.41. The molecule has 2 aliphatic rings. The molecular formula is C13H19BFN3O2. The highest BCUT2D eigenvalue weighted by atomic mass is 19.1. The predicted molar refractivity (Wildman–Crippen MR) is 74.7 cm³/mol. The smallest absolute Gasteiger partial charge is 0.399 e. The fraction of sp³-hybridized carbons (Fsp3) is 0.692. The van der Waals surface area contributed by atoms with E-state index >= 15 is 0 Å². The third kappa shape index (κ3) is 2.40. The monoisotopic (exact) mass is 279 g/mol. The Morgan fingerprint density at radius 1 is 1.20 bits per heavy atom. The Kier molecular flexibility index (Phi) is 3.02. The van der Waals surface area contributed by atoms with Crippen LogP contribution in [0, 0.1) is 0 Å². The number of aromatic nitrogens is 2. The van der Waals surface area contributed by atoms with Crippen LogP contribution in [0.4, 0.5) is 10.3 Å². The van der Waals surface area contributed by atoms with Crippen LogP contribution in [0.3, 0.4) is 0 Å². The molecule has 0 bridgehead atoms. The van der Waals surface area contributed by atoms with E-state index in [1.165, 1.54) is 0 Å². The molecule has 108 valence electrons. The van der Waals surface area contributed by atoms with Crippen LogP contribution < -0.4 is 10.8 Å². The van der Waals surface area contributed by atoms with Crippen LogP contribution in [0.2, 0.25) is 0 Å². The van der Waals surface area contributed by atoms with Crippen molar-refractivity contribution >= 4 is 18.5 Å². The molecule has 1 saturated carbocycles. The third-order valence-corrected chi connectivity index (χ3v) is 4.22. The summed E-state index contributed by atoms with van der Waals surface area (Å²) in [5.41, 5.74) is -0.00419. The molecule has 1 aliphatic carbocycles. The summed E-state index contributed by atoms with van der Waals surface area (Å²) in [5.74, 6) is 0.440. The lowest BCUT2D eigenvalue weighted by Gasteiger charge is -2.32. The van der Waals surface area contributed by atoms with E-state index in [4.69, 9.17) is 9.31 Å². The number of anilines is 1. The van der Waals surface area contributed by atoms with Gasteiger partial charge in [-0.05, 0) is 27.7 Å². The van der Waals surface area contributed by atoms with Gasteiger partial charge in [-0.15, -0.1) is 0 Å². The molecule has 0 amide bonds. The molecule has 0 spiro atoms. The Morgan fingerprint density at radius 2 is 1.70 bits per heavy atom. The van der Waals surface area contributed by atoms with Crippen molar-refractivity contribution in [3.05, 3.63) is 12.4 Å².